The lowest BCUT2D eigenvalue weighted by Gasteiger charge is -2.13. The van der Waals surface area contributed by atoms with Crippen LogP contribution in [0.25, 0.3) is 0 Å². The highest BCUT2D eigenvalue weighted by molar-refractivity contribution is 6.21. The number of para-hydroxylation sites is 1. The molecule has 82 valence electrons. The predicted octanol–water partition coefficient (Wildman–Crippen LogP) is 4.13. The molecule has 0 radical (unpaired) electrons. The fraction of sp³-hybridized carbons (Fsp3) is 0.154. The highest BCUT2D eigenvalue weighted by Gasteiger charge is 2.06. The number of alkyl halides is 1. The topological polar surface area (TPSA) is 24.9 Å². The largest absolute Gasteiger partial charge is 0.355 e. The van der Waals surface area contributed by atoms with Crippen LogP contribution in [-0.4, -0.2) is 4.98 Å². The molecule has 1 atom stereocenters. The zero-order valence-corrected chi connectivity index (χ0v) is 9.78. The van der Waals surface area contributed by atoms with E-state index in [0.717, 1.165) is 16.9 Å². The number of rotatable bonds is 3. The van der Waals surface area contributed by atoms with E-state index in [1.807, 2.05) is 43.3 Å². The van der Waals surface area contributed by atoms with E-state index in [9.17, 15) is 0 Å². The van der Waals surface area contributed by atoms with Crippen molar-refractivity contribution < 1.29 is 0 Å². The molecule has 1 heterocycles. The Balaban J connectivity index is 2.28. The monoisotopic (exact) mass is 232 g/mol. The fourth-order valence-electron chi connectivity index (χ4n) is 1.55. The molecule has 0 aliphatic rings. The molecule has 16 heavy (non-hydrogen) atoms. The average Bonchev–Trinajstić information content (AvgIpc) is 2.31. The van der Waals surface area contributed by atoms with E-state index in [-0.39, 0.29) is 5.38 Å². The summed E-state index contributed by atoms with van der Waals surface area (Å²) in [6.07, 6.45) is 3.52. The van der Waals surface area contributed by atoms with Gasteiger partial charge in [-0.2, -0.15) is 0 Å². The van der Waals surface area contributed by atoms with Crippen molar-refractivity contribution in [3.63, 3.8) is 0 Å². The standard InChI is InChI=1S/C13H13ClN2/c1-10(14)12-4-2-3-5-13(12)16-11-6-8-15-9-7-11/h2-10H,1H3,(H,15,16). The van der Waals surface area contributed by atoms with E-state index in [1.165, 1.54) is 0 Å². The van der Waals surface area contributed by atoms with Gasteiger partial charge in [-0.05, 0) is 30.7 Å². The third kappa shape index (κ3) is 2.52. The van der Waals surface area contributed by atoms with Crippen molar-refractivity contribution in [3.8, 4) is 0 Å². The van der Waals surface area contributed by atoms with Crippen LogP contribution in [0.4, 0.5) is 11.4 Å². The number of benzene rings is 1. The molecule has 0 aliphatic carbocycles. The second-order valence-corrected chi connectivity index (χ2v) is 4.22. The molecule has 2 rings (SSSR count). The van der Waals surface area contributed by atoms with E-state index >= 15 is 0 Å². The van der Waals surface area contributed by atoms with E-state index < -0.39 is 0 Å². The Morgan fingerprint density at radius 3 is 2.50 bits per heavy atom. The van der Waals surface area contributed by atoms with Crippen molar-refractivity contribution in [1.82, 2.24) is 4.98 Å². The number of aromatic nitrogens is 1. The molecule has 1 N–H and O–H groups in total. The molecule has 0 amide bonds. The van der Waals surface area contributed by atoms with Crippen LogP contribution in [-0.2, 0) is 0 Å². The van der Waals surface area contributed by atoms with Crippen LogP contribution in [0, 0.1) is 0 Å². The van der Waals surface area contributed by atoms with Gasteiger partial charge >= 0.3 is 0 Å². The van der Waals surface area contributed by atoms with Gasteiger partial charge in [-0.25, -0.2) is 0 Å². The normalized spacial score (nSPS) is 12.1. The number of nitrogens with zero attached hydrogens (tertiary/aromatic N) is 1. The third-order valence-corrected chi connectivity index (χ3v) is 2.58. The first-order valence-electron chi connectivity index (χ1n) is 5.17. The van der Waals surface area contributed by atoms with Crippen LogP contribution in [0.3, 0.4) is 0 Å². The smallest absolute Gasteiger partial charge is 0.0577 e. The molecule has 0 saturated heterocycles. The van der Waals surface area contributed by atoms with E-state index in [0.29, 0.717) is 0 Å². The molecular formula is C13H13ClN2. The second kappa shape index (κ2) is 4.99. The summed E-state index contributed by atoms with van der Waals surface area (Å²) in [6, 6.07) is 11.9. The molecule has 2 aromatic rings. The van der Waals surface area contributed by atoms with Gasteiger partial charge in [-0.3, -0.25) is 4.98 Å². The Labute approximate surface area is 100 Å². The summed E-state index contributed by atoms with van der Waals surface area (Å²) in [7, 11) is 0. The Kier molecular flexibility index (Phi) is 3.42. The molecule has 2 nitrogen and oxygen atoms in total. The summed E-state index contributed by atoms with van der Waals surface area (Å²) in [4.78, 5) is 3.98. The van der Waals surface area contributed by atoms with Crippen molar-refractivity contribution in [2.45, 2.75) is 12.3 Å². The lowest BCUT2D eigenvalue weighted by molar-refractivity contribution is 1.09. The van der Waals surface area contributed by atoms with Gasteiger partial charge in [-0.1, -0.05) is 18.2 Å². The molecule has 0 aliphatic heterocycles. The number of hydrogen-bond acceptors (Lipinski definition) is 2. The highest BCUT2D eigenvalue weighted by atomic mass is 35.5. The van der Waals surface area contributed by atoms with Crippen molar-refractivity contribution in [1.29, 1.82) is 0 Å². The van der Waals surface area contributed by atoms with Gasteiger partial charge in [0.1, 0.15) is 0 Å². The second-order valence-electron chi connectivity index (χ2n) is 3.56. The third-order valence-electron chi connectivity index (χ3n) is 2.35. The Bertz CT molecular complexity index is 454. The summed E-state index contributed by atoms with van der Waals surface area (Å²) in [5.74, 6) is 0. The zero-order chi connectivity index (χ0) is 11.4. The highest BCUT2D eigenvalue weighted by Crippen LogP contribution is 2.29. The van der Waals surface area contributed by atoms with Crippen LogP contribution in [0.2, 0.25) is 0 Å². The molecule has 0 saturated carbocycles. The molecule has 0 spiro atoms. The molecule has 1 aromatic heterocycles. The van der Waals surface area contributed by atoms with Crippen LogP contribution in [0.1, 0.15) is 17.9 Å². The average molecular weight is 233 g/mol. The molecule has 3 heteroatoms. The molecule has 1 unspecified atom stereocenters. The zero-order valence-electron chi connectivity index (χ0n) is 9.02. The first-order chi connectivity index (χ1) is 7.77. The predicted molar refractivity (Wildman–Crippen MR) is 68.2 cm³/mol. The summed E-state index contributed by atoms with van der Waals surface area (Å²) < 4.78 is 0. The number of pyridine rings is 1. The van der Waals surface area contributed by atoms with Gasteiger partial charge < -0.3 is 5.32 Å². The summed E-state index contributed by atoms with van der Waals surface area (Å²) in [6.45, 7) is 1.97. The van der Waals surface area contributed by atoms with Gasteiger partial charge in [0.15, 0.2) is 0 Å². The van der Waals surface area contributed by atoms with Gasteiger partial charge in [0.05, 0.1) is 5.38 Å². The van der Waals surface area contributed by atoms with Gasteiger partial charge in [0.2, 0.25) is 0 Å². The quantitative estimate of drug-likeness (QED) is 0.805. The number of halogens is 1. The van der Waals surface area contributed by atoms with Gasteiger partial charge in [0, 0.05) is 23.8 Å². The number of anilines is 2. The minimum absolute atomic E-state index is 0.00876. The number of nitrogens with one attached hydrogen (secondary N) is 1. The SMILES string of the molecule is CC(Cl)c1ccccc1Nc1ccncc1. The molecule has 0 fully saturated rings. The maximum Gasteiger partial charge on any atom is 0.0577 e. The van der Waals surface area contributed by atoms with Crippen LogP contribution < -0.4 is 5.32 Å². The summed E-state index contributed by atoms with van der Waals surface area (Å²) >= 11 is 6.12. The molecule has 0 bridgehead atoms. The van der Waals surface area contributed by atoms with Crippen molar-refractivity contribution in [2.75, 3.05) is 5.32 Å². The summed E-state index contributed by atoms with van der Waals surface area (Å²) in [5, 5.41) is 3.32. The molecular weight excluding hydrogens is 220 g/mol. The van der Waals surface area contributed by atoms with Gasteiger partial charge in [0.25, 0.3) is 0 Å². The maximum absolute atomic E-state index is 6.12. The lowest BCUT2D eigenvalue weighted by atomic mass is 10.1. The van der Waals surface area contributed by atoms with Crippen molar-refractivity contribution in [3.05, 3.63) is 54.4 Å². The minimum Gasteiger partial charge on any atom is -0.355 e. The Morgan fingerprint density at radius 2 is 1.81 bits per heavy atom. The first kappa shape index (κ1) is 11.0. The fourth-order valence-corrected chi connectivity index (χ4v) is 1.74. The van der Waals surface area contributed by atoms with E-state index in [1.54, 1.807) is 12.4 Å². The van der Waals surface area contributed by atoms with Crippen LogP contribution in [0.5, 0.6) is 0 Å². The van der Waals surface area contributed by atoms with E-state index in [4.69, 9.17) is 11.6 Å². The Hall–Kier alpha value is -1.54. The van der Waals surface area contributed by atoms with Crippen molar-refractivity contribution in [2.24, 2.45) is 0 Å². The lowest BCUT2D eigenvalue weighted by Crippen LogP contribution is -1.96. The minimum atomic E-state index is -0.00876. The van der Waals surface area contributed by atoms with Crippen molar-refractivity contribution >= 4 is 23.0 Å². The van der Waals surface area contributed by atoms with E-state index in [2.05, 4.69) is 10.3 Å². The van der Waals surface area contributed by atoms with Crippen LogP contribution >= 0.6 is 11.6 Å². The van der Waals surface area contributed by atoms with Crippen LogP contribution in [0.15, 0.2) is 48.8 Å². The summed E-state index contributed by atoms with van der Waals surface area (Å²) in [5.41, 5.74) is 3.15. The molecule has 1 aromatic carbocycles. The Morgan fingerprint density at radius 1 is 1.12 bits per heavy atom. The maximum atomic E-state index is 6.12. The first-order valence-corrected chi connectivity index (χ1v) is 5.61. The number of hydrogen-bond donors (Lipinski definition) is 1. The van der Waals surface area contributed by atoms with Gasteiger partial charge in [-0.15, -0.1) is 11.6 Å².